The molecular weight excluding hydrogens is 572 g/mol. The first-order valence-electron chi connectivity index (χ1n) is 13.3. The number of phosphoric ester groups is 1. The van der Waals surface area contributed by atoms with Crippen molar-refractivity contribution in [1.29, 1.82) is 0 Å². The predicted octanol–water partition coefficient (Wildman–Crippen LogP) is 1.90. The van der Waals surface area contributed by atoms with Gasteiger partial charge in [-0.1, -0.05) is 64.7 Å². The van der Waals surface area contributed by atoms with E-state index in [0.717, 1.165) is 32.1 Å². The fraction of sp³-hybridized carbons (Fsp3) is 0.773. The summed E-state index contributed by atoms with van der Waals surface area (Å²) in [4.78, 5) is 39.9. The minimum Gasteiger partial charge on any atom is -0.388 e. The van der Waals surface area contributed by atoms with Crippen molar-refractivity contribution in [2.45, 2.75) is 108 Å². The van der Waals surface area contributed by atoms with Crippen LogP contribution >= 0.6 is 15.6 Å². The molecule has 1 aliphatic rings. The molecule has 1 fully saturated rings. The molecule has 1 saturated heterocycles. The molecule has 3 heterocycles. The van der Waals surface area contributed by atoms with Crippen LogP contribution in [0.4, 0.5) is 5.82 Å². The van der Waals surface area contributed by atoms with Crippen molar-refractivity contribution in [3.05, 3.63) is 12.7 Å². The number of rotatable bonds is 17. The number of anilines is 1. The van der Waals surface area contributed by atoms with Gasteiger partial charge in [-0.25, -0.2) is 24.1 Å². The van der Waals surface area contributed by atoms with Gasteiger partial charge in [0.25, 0.3) is 0 Å². The SMILES string of the molecule is CCCCCCCCCCCC(OP(=O)(O)OP(=O)(O)O)C(O)[C@H]1O[C@@H](n2cnc3c(N)ncnc32)[C@H](O)[C@@H]1O. The van der Waals surface area contributed by atoms with Crippen LogP contribution in [0.2, 0.25) is 0 Å². The Balaban J connectivity index is 1.70. The zero-order valence-electron chi connectivity index (χ0n) is 22.2. The van der Waals surface area contributed by atoms with E-state index in [1.165, 1.54) is 30.1 Å². The Morgan fingerprint density at radius 1 is 1.00 bits per heavy atom. The Hall–Kier alpha value is -1.55. The number of hydrogen-bond acceptors (Lipinski definition) is 12. The maximum absolute atomic E-state index is 12.3. The van der Waals surface area contributed by atoms with Gasteiger partial charge in [-0.15, -0.1) is 0 Å². The van der Waals surface area contributed by atoms with E-state index < -0.39 is 52.4 Å². The molecule has 228 valence electrons. The Kier molecular flexibility index (Phi) is 12.0. The summed E-state index contributed by atoms with van der Waals surface area (Å²) in [5.41, 5.74) is 6.21. The Morgan fingerprint density at radius 3 is 2.25 bits per heavy atom. The summed E-state index contributed by atoms with van der Waals surface area (Å²) < 4.78 is 39.4. The zero-order chi connectivity index (χ0) is 29.5. The number of aliphatic hydroxyl groups is 3. The van der Waals surface area contributed by atoms with Crippen molar-refractivity contribution >= 4 is 32.6 Å². The number of fused-ring (bicyclic) bond motifs is 1. The maximum Gasteiger partial charge on any atom is 0.481 e. The normalized spacial score (nSPS) is 24.8. The van der Waals surface area contributed by atoms with Crippen molar-refractivity contribution in [3.63, 3.8) is 0 Å². The van der Waals surface area contributed by atoms with Gasteiger partial charge in [0.2, 0.25) is 0 Å². The summed E-state index contributed by atoms with van der Waals surface area (Å²) in [5, 5.41) is 32.5. The van der Waals surface area contributed by atoms with Crippen molar-refractivity contribution in [2.24, 2.45) is 0 Å². The van der Waals surface area contributed by atoms with Gasteiger partial charge in [-0.2, -0.15) is 4.31 Å². The third kappa shape index (κ3) is 8.97. The van der Waals surface area contributed by atoms with Crippen LogP contribution in [0.5, 0.6) is 0 Å². The van der Waals surface area contributed by atoms with Crippen LogP contribution in [0.1, 0.15) is 77.4 Å². The molecule has 0 bridgehead atoms. The molecule has 8 N–H and O–H groups in total. The second-order valence-corrected chi connectivity index (χ2v) is 12.6. The number of nitrogens with zero attached hydrogens (tertiary/aromatic N) is 4. The summed E-state index contributed by atoms with van der Waals surface area (Å²) in [6, 6.07) is 0. The number of nitrogen functional groups attached to an aromatic ring is 1. The van der Waals surface area contributed by atoms with Gasteiger partial charge >= 0.3 is 15.6 Å². The van der Waals surface area contributed by atoms with E-state index in [0.29, 0.717) is 12.8 Å². The third-order valence-corrected chi connectivity index (χ3v) is 8.94. The van der Waals surface area contributed by atoms with Crippen molar-refractivity contribution in [1.82, 2.24) is 19.5 Å². The van der Waals surface area contributed by atoms with Gasteiger partial charge in [-0.3, -0.25) is 9.09 Å². The minimum absolute atomic E-state index is 0.0306. The zero-order valence-corrected chi connectivity index (χ0v) is 24.0. The van der Waals surface area contributed by atoms with Gasteiger partial charge in [0.05, 0.1) is 12.4 Å². The highest BCUT2D eigenvalue weighted by Crippen LogP contribution is 2.58. The standard InChI is InChI=1S/C22H39N5O11P2/c1-2-3-4-5-6-7-8-9-10-11-14(37-40(34,35)38-39(31,32)33)16(28)19-17(29)18(30)22(36-19)27-13-26-15-20(23)24-12-25-21(15)27/h12-14,16-19,22,28-30H,2-11H2,1H3,(H,34,35)(H2,23,24,25)(H2,31,32,33)/t14?,16?,17-,18+,19+,22+/m0/s1. The van der Waals surface area contributed by atoms with Gasteiger partial charge in [0.1, 0.15) is 36.3 Å². The number of phosphoric acid groups is 2. The molecule has 2 aromatic heterocycles. The molecule has 16 nitrogen and oxygen atoms in total. The predicted molar refractivity (Wildman–Crippen MR) is 141 cm³/mol. The fourth-order valence-electron chi connectivity index (χ4n) is 4.73. The molecule has 2 aromatic rings. The summed E-state index contributed by atoms with van der Waals surface area (Å²) in [5.74, 6) is 0.0755. The molecule has 7 atom stereocenters. The molecule has 3 rings (SSSR count). The van der Waals surface area contributed by atoms with Crippen LogP contribution in [-0.2, 0) is 22.7 Å². The van der Waals surface area contributed by atoms with Gasteiger partial charge < -0.3 is 40.5 Å². The van der Waals surface area contributed by atoms with Crippen molar-refractivity contribution in [2.75, 3.05) is 5.73 Å². The van der Waals surface area contributed by atoms with Crippen molar-refractivity contribution < 1.29 is 52.7 Å². The van der Waals surface area contributed by atoms with Gasteiger partial charge in [-0.05, 0) is 6.42 Å². The van der Waals surface area contributed by atoms with E-state index in [1.54, 1.807) is 0 Å². The first kappa shape index (κ1) is 33.0. The van der Waals surface area contributed by atoms with Crippen LogP contribution in [-0.4, -0.2) is 80.0 Å². The monoisotopic (exact) mass is 611 g/mol. The second kappa shape index (κ2) is 14.6. The molecular formula is C22H39N5O11P2. The smallest absolute Gasteiger partial charge is 0.388 e. The molecule has 0 aromatic carbocycles. The molecule has 0 spiro atoms. The summed E-state index contributed by atoms with van der Waals surface area (Å²) in [6.45, 7) is 2.14. The molecule has 40 heavy (non-hydrogen) atoms. The maximum atomic E-state index is 12.3. The number of aromatic nitrogens is 4. The molecule has 0 saturated carbocycles. The molecule has 18 heteroatoms. The second-order valence-electron chi connectivity index (χ2n) is 9.85. The largest absolute Gasteiger partial charge is 0.481 e. The first-order chi connectivity index (χ1) is 18.8. The van der Waals surface area contributed by atoms with E-state index in [-0.39, 0.29) is 23.4 Å². The number of nitrogens with two attached hydrogens (primary N) is 1. The van der Waals surface area contributed by atoms with E-state index in [4.69, 9.17) is 24.8 Å². The number of ether oxygens (including phenoxy) is 1. The lowest BCUT2D eigenvalue weighted by Gasteiger charge is -2.29. The Labute approximate surface area is 231 Å². The van der Waals surface area contributed by atoms with E-state index >= 15 is 0 Å². The summed E-state index contributed by atoms with van der Waals surface area (Å²) in [7, 11) is -10.8. The molecule has 3 unspecified atom stereocenters. The van der Waals surface area contributed by atoms with E-state index in [1.807, 2.05) is 0 Å². The Bertz CT molecular complexity index is 1180. The lowest BCUT2D eigenvalue weighted by molar-refractivity contribution is -0.118. The van der Waals surface area contributed by atoms with Crippen LogP contribution in [0, 0.1) is 0 Å². The minimum atomic E-state index is -5.42. The van der Waals surface area contributed by atoms with E-state index in [9.17, 15) is 29.3 Å². The molecule has 0 aliphatic carbocycles. The highest BCUT2D eigenvalue weighted by atomic mass is 31.3. The number of unbranched alkanes of at least 4 members (excludes halogenated alkanes) is 8. The number of hydrogen-bond donors (Lipinski definition) is 7. The average molecular weight is 612 g/mol. The summed E-state index contributed by atoms with van der Waals surface area (Å²) >= 11 is 0. The average Bonchev–Trinajstić information content (AvgIpc) is 3.42. The molecule has 0 amide bonds. The highest BCUT2D eigenvalue weighted by molar-refractivity contribution is 7.60. The van der Waals surface area contributed by atoms with Crippen LogP contribution in [0.25, 0.3) is 11.2 Å². The Morgan fingerprint density at radius 2 is 1.62 bits per heavy atom. The topological polar surface area (TPSA) is 253 Å². The van der Waals surface area contributed by atoms with Crippen molar-refractivity contribution in [3.8, 4) is 0 Å². The number of aliphatic hydroxyl groups excluding tert-OH is 3. The third-order valence-electron chi connectivity index (χ3n) is 6.72. The molecule has 1 aliphatic heterocycles. The van der Waals surface area contributed by atoms with Crippen LogP contribution in [0.15, 0.2) is 12.7 Å². The highest BCUT2D eigenvalue weighted by Gasteiger charge is 2.50. The fourth-order valence-corrected chi connectivity index (χ4v) is 6.53. The van der Waals surface area contributed by atoms with Crippen LogP contribution in [0.3, 0.4) is 0 Å². The summed E-state index contributed by atoms with van der Waals surface area (Å²) in [6.07, 6.45) is 1.67. The quantitative estimate of drug-likeness (QED) is 0.0996. The lowest BCUT2D eigenvalue weighted by atomic mass is 9.97. The molecule has 0 radical (unpaired) electrons. The van der Waals surface area contributed by atoms with Gasteiger partial charge in [0, 0.05) is 0 Å². The first-order valence-corrected chi connectivity index (χ1v) is 16.3. The van der Waals surface area contributed by atoms with Crippen LogP contribution < -0.4 is 5.73 Å². The number of imidazole rings is 1. The lowest BCUT2D eigenvalue weighted by Crippen LogP contribution is -2.45. The van der Waals surface area contributed by atoms with Gasteiger partial charge in [0.15, 0.2) is 17.7 Å². The van der Waals surface area contributed by atoms with E-state index in [2.05, 4.69) is 26.2 Å².